The van der Waals surface area contributed by atoms with Crippen molar-refractivity contribution < 1.29 is 4.39 Å². The number of fused-ring (bicyclic) bond motifs is 1. The lowest BCUT2D eigenvalue weighted by molar-refractivity contribution is 0.589. The lowest BCUT2D eigenvalue weighted by atomic mass is 10.2. The molecule has 1 aromatic carbocycles. The van der Waals surface area contributed by atoms with E-state index in [0.717, 1.165) is 9.76 Å². The lowest BCUT2D eigenvalue weighted by Crippen LogP contribution is -2.15. The molecule has 9 heteroatoms. The average molecular weight is 388 g/mol. The van der Waals surface area contributed by atoms with Crippen LogP contribution < -0.4 is 5.73 Å². The van der Waals surface area contributed by atoms with Gasteiger partial charge in [0.05, 0.1) is 11.9 Å². The summed E-state index contributed by atoms with van der Waals surface area (Å²) in [5.74, 6) is -0.0969. The van der Waals surface area contributed by atoms with Crippen molar-refractivity contribution in [2.45, 2.75) is 6.54 Å². The molecule has 0 saturated heterocycles. The number of thioether (sulfide) groups is 2. The number of nitrogens with two attached hydrogens (primary N) is 1. The van der Waals surface area contributed by atoms with E-state index in [1.165, 1.54) is 29.6 Å². The molecule has 0 amide bonds. The number of benzene rings is 1. The summed E-state index contributed by atoms with van der Waals surface area (Å²) in [7, 11) is 0. The quantitative estimate of drug-likeness (QED) is 0.421. The molecular weight excluding hydrogens is 371 g/mol. The minimum absolute atomic E-state index is 0.191. The molecule has 2 N–H and O–H groups in total. The molecule has 0 aliphatic rings. The van der Waals surface area contributed by atoms with Crippen LogP contribution in [0.1, 0.15) is 11.3 Å². The third kappa shape index (κ3) is 3.88. The molecule has 3 aromatic rings. The molecule has 6 nitrogen and oxygen atoms in total. The van der Waals surface area contributed by atoms with E-state index in [9.17, 15) is 4.39 Å². The Bertz CT molecular complexity index is 976. The van der Waals surface area contributed by atoms with Crippen LogP contribution in [0.5, 0.6) is 0 Å². The standard InChI is InChI=1S/C17H17FN6S2/c1-25-17(26-2)22-21-15(19)14-12-7-5-9-20-16(12)24(23-14)10-11-6-3-4-8-13(11)18/h3-9H,10H2,1-2H3,(H2,19,21). The largest absolute Gasteiger partial charge is 0.380 e. The van der Waals surface area contributed by atoms with Crippen LogP contribution in [0.2, 0.25) is 0 Å². The van der Waals surface area contributed by atoms with Crippen LogP contribution in [-0.2, 0) is 6.54 Å². The van der Waals surface area contributed by atoms with E-state index in [2.05, 4.69) is 20.3 Å². The van der Waals surface area contributed by atoms with Gasteiger partial charge in [0.2, 0.25) is 0 Å². The van der Waals surface area contributed by atoms with Crippen molar-refractivity contribution in [1.29, 1.82) is 0 Å². The zero-order valence-corrected chi connectivity index (χ0v) is 15.9. The van der Waals surface area contributed by atoms with Crippen molar-refractivity contribution in [3.63, 3.8) is 0 Å². The highest BCUT2D eigenvalue weighted by Gasteiger charge is 2.15. The fourth-order valence-electron chi connectivity index (χ4n) is 2.40. The average Bonchev–Trinajstić information content (AvgIpc) is 3.03. The smallest absolute Gasteiger partial charge is 0.174 e. The molecule has 2 aromatic heterocycles. The minimum Gasteiger partial charge on any atom is -0.380 e. The molecular formula is C17H17FN6S2. The summed E-state index contributed by atoms with van der Waals surface area (Å²) in [6.45, 7) is 0.248. The second kappa shape index (κ2) is 8.33. The summed E-state index contributed by atoms with van der Waals surface area (Å²) >= 11 is 2.98. The molecule has 0 fully saturated rings. The van der Waals surface area contributed by atoms with Crippen molar-refractivity contribution >= 4 is 44.8 Å². The van der Waals surface area contributed by atoms with Crippen molar-refractivity contribution in [3.05, 3.63) is 59.7 Å². The van der Waals surface area contributed by atoms with Gasteiger partial charge in [0, 0.05) is 11.8 Å². The predicted molar refractivity (Wildman–Crippen MR) is 108 cm³/mol. The first-order valence-corrected chi connectivity index (χ1v) is 10.1. The molecule has 0 spiro atoms. The van der Waals surface area contributed by atoms with Gasteiger partial charge in [-0.3, -0.25) is 0 Å². The highest BCUT2D eigenvalue weighted by molar-refractivity contribution is 8.38. The van der Waals surface area contributed by atoms with Crippen molar-refractivity contribution in [2.24, 2.45) is 15.9 Å². The van der Waals surface area contributed by atoms with E-state index in [-0.39, 0.29) is 18.2 Å². The first kappa shape index (κ1) is 18.4. The molecule has 0 atom stereocenters. The van der Waals surface area contributed by atoms with E-state index in [1.54, 1.807) is 35.1 Å². The number of hydrogen-bond acceptors (Lipinski definition) is 6. The number of amidine groups is 1. The Labute approximate surface area is 158 Å². The second-order valence-electron chi connectivity index (χ2n) is 5.23. The van der Waals surface area contributed by atoms with Gasteiger partial charge in [-0.2, -0.15) is 5.10 Å². The van der Waals surface area contributed by atoms with Crippen molar-refractivity contribution in [3.8, 4) is 0 Å². The topological polar surface area (TPSA) is 81.5 Å². The third-order valence-electron chi connectivity index (χ3n) is 3.62. The first-order valence-electron chi connectivity index (χ1n) is 7.68. The van der Waals surface area contributed by atoms with Gasteiger partial charge in [0.25, 0.3) is 0 Å². The Morgan fingerprint density at radius 2 is 1.92 bits per heavy atom. The van der Waals surface area contributed by atoms with E-state index < -0.39 is 0 Å². The third-order valence-corrected chi connectivity index (χ3v) is 5.48. The van der Waals surface area contributed by atoms with E-state index in [4.69, 9.17) is 5.73 Å². The number of aromatic nitrogens is 3. The van der Waals surface area contributed by atoms with Gasteiger partial charge in [-0.05, 0) is 30.7 Å². The molecule has 0 radical (unpaired) electrons. The number of pyridine rings is 1. The monoisotopic (exact) mass is 388 g/mol. The Balaban J connectivity index is 2.04. The van der Waals surface area contributed by atoms with Crippen LogP contribution >= 0.6 is 23.5 Å². The van der Waals surface area contributed by atoms with Crippen LogP contribution in [0.3, 0.4) is 0 Å². The van der Waals surface area contributed by atoms with Crippen LogP contribution in [-0.4, -0.2) is 37.5 Å². The normalized spacial score (nSPS) is 11.7. The molecule has 3 rings (SSSR count). The minimum atomic E-state index is -0.288. The van der Waals surface area contributed by atoms with Crippen LogP contribution in [0.15, 0.2) is 52.8 Å². The zero-order chi connectivity index (χ0) is 18.5. The fraction of sp³-hybridized carbons (Fsp3) is 0.176. The summed E-state index contributed by atoms with van der Waals surface area (Å²) < 4.78 is 16.4. The van der Waals surface area contributed by atoms with Crippen LogP contribution in [0.25, 0.3) is 11.0 Å². The number of nitrogens with zero attached hydrogens (tertiary/aromatic N) is 5. The van der Waals surface area contributed by atoms with E-state index >= 15 is 0 Å². The van der Waals surface area contributed by atoms with Gasteiger partial charge in [0.1, 0.15) is 11.5 Å². The molecule has 0 aliphatic heterocycles. The van der Waals surface area contributed by atoms with Gasteiger partial charge >= 0.3 is 0 Å². The summed E-state index contributed by atoms with van der Waals surface area (Å²) in [5, 5.41) is 13.5. The predicted octanol–water partition coefficient (Wildman–Crippen LogP) is 3.32. The van der Waals surface area contributed by atoms with Crippen LogP contribution in [0.4, 0.5) is 4.39 Å². The van der Waals surface area contributed by atoms with Crippen molar-refractivity contribution in [2.75, 3.05) is 12.5 Å². The number of rotatable bonds is 4. The maximum Gasteiger partial charge on any atom is 0.174 e. The number of hydrogen-bond donors (Lipinski definition) is 1. The van der Waals surface area contributed by atoms with E-state index in [0.29, 0.717) is 16.9 Å². The van der Waals surface area contributed by atoms with Gasteiger partial charge < -0.3 is 5.73 Å². The Kier molecular flexibility index (Phi) is 5.89. The van der Waals surface area contributed by atoms with Gasteiger partial charge in [-0.1, -0.05) is 18.2 Å². The molecule has 0 aliphatic carbocycles. The number of halogens is 1. The molecule has 2 heterocycles. The highest BCUT2D eigenvalue weighted by Crippen LogP contribution is 2.19. The van der Waals surface area contributed by atoms with Crippen LogP contribution in [0, 0.1) is 5.82 Å². The second-order valence-corrected chi connectivity index (χ2v) is 7.08. The highest BCUT2D eigenvalue weighted by atomic mass is 32.2. The SMILES string of the molecule is CSC(=N/N=C(\N)c1nn(Cc2ccccc2F)c2ncccc12)SC. The molecule has 0 saturated carbocycles. The van der Waals surface area contributed by atoms with E-state index in [1.807, 2.05) is 18.6 Å². The lowest BCUT2D eigenvalue weighted by Gasteiger charge is -2.04. The molecule has 0 bridgehead atoms. The van der Waals surface area contributed by atoms with Gasteiger partial charge in [-0.25, -0.2) is 14.1 Å². The Morgan fingerprint density at radius 1 is 1.15 bits per heavy atom. The fourth-order valence-corrected chi connectivity index (χ4v) is 3.32. The van der Waals surface area contributed by atoms with Gasteiger partial charge in [-0.15, -0.1) is 33.7 Å². The Morgan fingerprint density at radius 3 is 2.65 bits per heavy atom. The summed E-state index contributed by atoms with van der Waals surface area (Å²) in [5.41, 5.74) is 7.72. The summed E-state index contributed by atoms with van der Waals surface area (Å²) in [4.78, 5) is 4.36. The molecule has 0 unspecified atom stereocenters. The van der Waals surface area contributed by atoms with Crippen molar-refractivity contribution in [1.82, 2.24) is 14.8 Å². The Hall–Kier alpha value is -2.39. The zero-order valence-electron chi connectivity index (χ0n) is 14.3. The maximum atomic E-state index is 14.0. The molecule has 26 heavy (non-hydrogen) atoms. The van der Waals surface area contributed by atoms with Gasteiger partial charge in [0.15, 0.2) is 15.9 Å². The summed E-state index contributed by atoms with van der Waals surface area (Å²) in [6, 6.07) is 10.2. The first-order chi connectivity index (χ1) is 12.6. The summed E-state index contributed by atoms with van der Waals surface area (Å²) in [6.07, 6.45) is 5.50. The molecule has 134 valence electrons. The maximum absolute atomic E-state index is 14.0.